The first-order chi connectivity index (χ1) is 16.7. The van der Waals surface area contributed by atoms with E-state index in [4.69, 9.17) is 29.4 Å². The molecule has 1 heterocycles. The Kier molecular flexibility index (Phi) is 9.21. The van der Waals surface area contributed by atoms with Gasteiger partial charge in [-0.1, -0.05) is 91.0 Å². The smallest absolute Gasteiger partial charge is 0.188 e. The maximum Gasteiger partial charge on any atom is 0.188 e. The van der Waals surface area contributed by atoms with E-state index in [1.54, 1.807) is 6.92 Å². The van der Waals surface area contributed by atoms with Gasteiger partial charge in [0.25, 0.3) is 0 Å². The fraction of sp³-hybridized carbons (Fsp3) is 0.357. The molecule has 0 spiro atoms. The Bertz CT molecular complexity index is 954. The molecule has 0 bridgehead atoms. The summed E-state index contributed by atoms with van der Waals surface area (Å²) < 4.78 is 30.8. The van der Waals surface area contributed by atoms with Gasteiger partial charge in [-0.25, -0.2) is 0 Å². The van der Waals surface area contributed by atoms with Gasteiger partial charge in [-0.2, -0.15) is 0 Å². The van der Waals surface area contributed by atoms with Gasteiger partial charge < -0.3 is 29.4 Å². The van der Waals surface area contributed by atoms with Gasteiger partial charge in [0.2, 0.25) is 0 Å². The number of hydrogen-bond acceptors (Lipinski definition) is 6. The summed E-state index contributed by atoms with van der Waals surface area (Å²) in [4.78, 5) is 0. The summed E-state index contributed by atoms with van der Waals surface area (Å²) in [5.41, 5.74) is 9.18. The Morgan fingerprint density at radius 2 is 1.18 bits per heavy atom. The Morgan fingerprint density at radius 1 is 0.706 bits per heavy atom. The molecule has 1 saturated heterocycles. The van der Waals surface area contributed by atoms with Crippen LogP contribution in [0.2, 0.25) is 0 Å². The van der Waals surface area contributed by atoms with Crippen LogP contribution >= 0.6 is 0 Å². The lowest BCUT2D eigenvalue weighted by molar-refractivity contribution is -0.202. The third-order valence-corrected chi connectivity index (χ3v) is 5.58. The van der Waals surface area contributed by atoms with Gasteiger partial charge in [-0.15, -0.1) is 0 Å². The van der Waals surface area contributed by atoms with Crippen molar-refractivity contribution in [3.8, 4) is 0 Å². The average Bonchev–Trinajstić information content (AvgIpc) is 3.18. The van der Waals surface area contributed by atoms with Crippen molar-refractivity contribution in [3.05, 3.63) is 108 Å². The fourth-order valence-corrected chi connectivity index (χ4v) is 3.92. The summed E-state index contributed by atoms with van der Waals surface area (Å²) in [6.45, 7) is 3.45. The lowest BCUT2D eigenvalue weighted by Gasteiger charge is -2.25. The largest absolute Gasteiger partial charge is 0.374 e. The second-order valence-corrected chi connectivity index (χ2v) is 8.41. The van der Waals surface area contributed by atoms with Crippen LogP contribution < -0.4 is 5.73 Å². The molecule has 2 unspecified atom stereocenters. The third kappa shape index (κ3) is 7.21. The molecule has 6 nitrogen and oxygen atoms in total. The van der Waals surface area contributed by atoms with Gasteiger partial charge in [-0.3, -0.25) is 0 Å². The van der Waals surface area contributed by atoms with Crippen LogP contribution in [0.4, 0.5) is 0 Å². The van der Waals surface area contributed by atoms with Gasteiger partial charge in [0.1, 0.15) is 24.5 Å². The Morgan fingerprint density at radius 3 is 1.68 bits per heavy atom. The van der Waals surface area contributed by atoms with Crippen molar-refractivity contribution >= 4 is 0 Å². The van der Waals surface area contributed by atoms with Crippen molar-refractivity contribution in [1.82, 2.24) is 0 Å². The molecule has 6 heteroatoms. The maximum atomic E-state index is 6.37. The summed E-state index contributed by atoms with van der Waals surface area (Å²) in [7, 11) is 0. The quantitative estimate of drug-likeness (QED) is 0.401. The highest BCUT2D eigenvalue weighted by Crippen LogP contribution is 2.30. The highest BCUT2D eigenvalue weighted by molar-refractivity contribution is 5.15. The van der Waals surface area contributed by atoms with Gasteiger partial charge in [0.05, 0.1) is 26.4 Å². The molecule has 34 heavy (non-hydrogen) atoms. The van der Waals surface area contributed by atoms with Crippen molar-refractivity contribution < 1.29 is 23.7 Å². The molecule has 0 radical (unpaired) electrons. The minimum Gasteiger partial charge on any atom is -0.374 e. The summed E-state index contributed by atoms with van der Waals surface area (Å²) >= 11 is 0. The van der Waals surface area contributed by atoms with Crippen LogP contribution in [0.1, 0.15) is 23.6 Å². The van der Waals surface area contributed by atoms with Crippen LogP contribution in [-0.4, -0.2) is 37.4 Å². The van der Waals surface area contributed by atoms with Gasteiger partial charge >= 0.3 is 0 Å². The molecule has 0 saturated carbocycles. The van der Waals surface area contributed by atoms with Crippen LogP contribution in [0.5, 0.6) is 0 Å². The number of hydrogen-bond donors (Lipinski definition) is 1. The molecule has 2 N–H and O–H groups in total. The topological polar surface area (TPSA) is 72.2 Å². The first-order valence-electron chi connectivity index (χ1n) is 11.7. The van der Waals surface area contributed by atoms with E-state index in [0.29, 0.717) is 26.4 Å². The van der Waals surface area contributed by atoms with Crippen molar-refractivity contribution in [2.24, 2.45) is 5.73 Å². The van der Waals surface area contributed by atoms with E-state index in [2.05, 4.69) is 0 Å². The number of ether oxygens (including phenoxy) is 5. The SMILES string of the molecule is CC(N)OC1O[C@H](COCc2ccccc2)[C@@H](OCc2ccccc2)[C@H]1OCc1ccccc1. The molecule has 0 amide bonds. The normalized spacial score (nSPS) is 23.1. The molecule has 4 rings (SSSR count). The summed E-state index contributed by atoms with van der Waals surface area (Å²) in [6, 6.07) is 30.1. The van der Waals surface area contributed by atoms with E-state index in [9.17, 15) is 0 Å². The predicted molar refractivity (Wildman–Crippen MR) is 130 cm³/mol. The van der Waals surface area contributed by atoms with Crippen LogP contribution in [0.3, 0.4) is 0 Å². The Hall–Kier alpha value is -2.58. The van der Waals surface area contributed by atoms with Gasteiger partial charge in [-0.05, 0) is 23.6 Å². The molecule has 5 atom stereocenters. The third-order valence-electron chi connectivity index (χ3n) is 5.58. The molecule has 3 aromatic carbocycles. The van der Waals surface area contributed by atoms with E-state index >= 15 is 0 Å². The zero-order valence-corrected chi connectivity index (χ0v) is 19.5. The minimum absolute atomic E-state index is 0.346. The lowest BCUT2D eigenvalue weighted by Crippen LogP contribution is -2.41. The summed E-state index contributed by atoms with van der Waals surface area (Å²) in [5, 5.41) is 0. The summed E-state index contributed by atoms with van der Waals surface area (Å²) in [5.74, 6) is 0. The van der Waals surface area contributed by atoms with Gasteiger partial charge in [0.15, 0.2) is 6.29 Å². The van der Waals surface area contributed by atoms with E-state index in [1.807, 2.05) is 91.0 Å². The van der Waals surface area contributed by atoms with E-state index in [-0.39, 0.29) is 12.2 Å². The number of benzene rings is 3. The zero-order chi connectivity index (χ0) is 23.6. The molecule has 1 aliphatic rings. The van der Waals surface area contributed by atoms with Crippen LogP contribution in [-0.2, 0) is 43.5 Å². The molecule has 3 aromatic rings. The molecule has 1 fully saturated rings. The Labute approximate surface area is 201 Å². The molecular formula is C28H33NO5. The molecular weight excluding hydrogens is 430 g/mol. The van der Waals surface area contributed by atoms with Crippen LogP contribution in [0.25, 0.3) is 0 Å². The van der Waals surface area contributed by atoms with Crippen molar-refractivity contribution in [1.29, 1.82) is 0 Å². The minimum atomic E-state index is -0.658. The average molecular weight is 464 g/mol. The first-order valence-corrected chi connectivity index (χ1v) is 11.7. The second kappa shape index (κ2) is 12.8. The van der Waals surface area contributed by atoms with Crippen molar-refractivity contribution in [2.75, 3.05) is 6.61 Å². The van der Waals surface area contributed by atoms with Gasteiger partial charge in [0, 0.05) is 0 Å². The zero-order valence-electron chi connectivity index (χ0n) is 19.5. The number of nitrogens with two attached hydrogens (primary N) is 1. The second-order valence-electron chi connectivity index (χ2n) is 8.41. The highest BCUT2D eigenvalue weighted by Gasteiger charge is 2.47. The highest BCUT2D eigenvalue weighted by atomic mass is 16.7. The predicted octanol–water partition coefficient (Wildman–Crippen LogP) is 4.42. The monoisotopic (exact) mass is 463 g/mol. The lowest BCUT2D eigenvalue weighted by atomic mass is 10.1. The number of rotatable bonds is 12. The maximum absolute atomic E-state index is 6.37. The molecule has 0 aliphatic carbocycles. The van der Waals surface area contributed by atoms with E-state index < -0.39 is 18.6 Å². The van der Waals surface area contributed by atoms with Crippen molar-refractivity contribution in [3.63, 3.8) is 0 Å². The van der Waals surface area contributed by atoms with Crippen LogP contribution in [0, 0.1) is 0 Å². The fourth-order valence-electron chi connectivity index (χ4n) is 3.92. The first kappa shape index (κ1) is 24.5. The van der Waals surface area contributed by atoms with Crippen LogP contribution in [0.15, 0.2) is 91.0 Å². The van der Waals surface area contributed by atoms with Crippen molar-refractivity contribution in [2.45, 2.75) is 57.6 Å². The molecule has 1 aliphatic heterocycles. The summed E-state index contributed by atoms with van der Waals surface area (Å²) in [6.07, 6.45) is -2.37. The van der Waals surface area contributed by atoms with E-state index in [0.717, 1.165) is 16.7 Å². The molecule has 180 valence electrons. The van der Waals surface area contributed by atoms with E-state index in [1.165, 1.54) is 0 Å². The molecule has 0 aromatic heterocycles. The Balaban J connectivity index is 1.46. The standard InChI is InChI=1S/C28H33NO5/c1-21(29)33-28-27(32-19-24-15-9-4-10-16-24)26(31-18-23-13-7-3-8-14-23)25(34-28)20-30-17-22-11-5-2-6-12-22/h2-16,21,25-28H,17-20,29H2,1H3/t21?,25-,26-,27-,28?/m1/s1.